The molecule has 1 aromatic carbocycles. The van der Waals surface area contributed by atoms with Gasteiger partial charge in [0.05, 0.1) is 17.9 Å². The SMILES string of the molecule is CN1CCN(c2cccc(C(=O)Nc3cc4cc(-c5cnn(C)c5)cnc4cn3)c2)CC1. The molecule has 5 rings (SSSR count). The first kappa shape index (κ1) is 20.1. The molecule has 1 fully saturated rings. The quantitative estimate of drug-likeness (QED) is 0.539. The molecule has 0 unspecified atom stereocenters. The van der Waals surface area contributed by atoms with Gasteiger partial charge in [0.2, 0.25) is 0 Å². The van der Waals surface area contributed by atoms with Crippen molar-refractivity contribution in [3.63, 3.8) is 0 Å². The van der Waals surface area contributed by atoms with Gasteiger partial charge in [0.25, 0.3) is 5.91 Å². The molecular formula is C24H25N7O. The van der Waals surface area contributed by atoms with E-state index >= 15 is 0 Å². The molecule has 8 heteroatoms. The van der Waals surface area contributed by atoms with Gasteiger partial charge in [-0.2, -0.15) is 5.10 Å². The van der Waals surface area contributed by atoms with E-state index in [4.69, 9.17) is 0 Å². The molecular weight excluding hydrogens is 402 g/mol. The Morgan fingerprint density at radius 2 is 1.78 bits per heavy atom. The number of nitrogens with zero attached hydrogens (tertiary/aromatic N) is 6. The average molecular weight is 428 g/mol. The zero-order chi connectivity index (χ0) is 22.1. The predicted octanol–water partition coefficient (Wildman–Crippen LogP) is 3.03. The van der Waals surface area contributed by atoms with Crippen LogP contribution >= 0.6 is 0 Å². The van der Waals surface area contributed by atoms with E-state index in [-0.39, 0.29) is 5.91 Å². The van der Waals surface area contributed by atoms with E-state index in [1.54, 1.807) is 17.1 Å². The normalized spacial score (nSPS) is 14.6. The van der Waals surface area contributed by atoms with Crippen molar-refractivity contribution in [2.45, 2.75) is 0 Å². The zero-order valence-electron chi connectivity index (χ0n) is 18.2. The summed E-state index contributed by atoms with van der Waals surface area (Å²) in [5, 5.41) is 8.06. The van der Waals surface area contributed by atoms with Crippen molar-refractivity contribution in [1.29, 1.82) is 0 Å². The Labute approximate surface area is 186 Å². The summed E-state index contributed by atoms with van der Waals surface area (Å²) in [6, 6.07) is 11.7. The van der Waals surface area contributed by atoms with Crippen LogP contribution in [-0.4, -0.2) is 63.8 Å². The smallest absolute Gasteiger partial charge is 0.256 e. The van der Waals surface area contributed by atoms with E-state index in [2.05, 4.69) is 43.3 Å². The summed E-state index contributed by atoms with van der Waals surface area (Å²) >= 11 is 0. The fraction of sp³-hybridized carbons (Fsp3) is 0.250. The van der Waals surface area contributed by atoms with Crippen molar-refractivity contribution in [2.24, 2.45) is 7.05 Å². The molecule has 1 amide bonds. The minimum absolute atomic E-state index is 0.177. The number of carbonyl (C=O) groups excluding carboxylic acids is 1. The maximum Gasteiger partial charge on any atom is 0.256 e. The Morgan fingerprint density at radius 1 is 0.938 bits per heavy atom. The lowest BCUT2D eigenvalue weighted by molar-refractivity contribution is 0.102. The fourth-order valence-electron chi connectivity index (χ4n) is 3.92. The number of aryl methyl sites for hydroxylation is 1. The number of rotatable bonds is 4. The molecule has 3 aromatic heterocycles. The molecule has 32 heavy (non-hydrogen) atoms. The third kappa shape index (κ3) is 4.17. The minimum atomic E-state index is -0.177. The van der Waals surface area contributed by atoms with Crippen molar-refractivity contribution >= 4 is 28.3 Å². The van der Waals surface area contributed by atoms with E-state index in [1.807, 2.05) is 49.8 Å². The van der Waals surface area contributed by atoms with Crippen molar-refractivity contribution in [3.8, 4) is 11.1 Å². The predicted molar refractivity (Wildman–Crippen MR) is 126 cm³/mol. The molecule has 0 aliphatic carbocycles. The summed E-state index contributed by atoms with van der Waals surface area (Å²) in [5.74, 6) is 0.321. The molecule has 162 valence electrons. The third-order valence-corrected chi connectivity index (χ3v) is 5.82. The number of nitrogens with one attached hydrogen (secondary N) is 1. The van der Waals surface area contributed by atoms with E-state index in [0.717, 1.165) is 53.9 Å². The maximum atomic E-state index is 12.9. The topological polar surface area (TPSA) is 79.2 Å². The minimum Gasteiger partial charge on any atom is -0.369 e. The highest BCUT2D eigenvalue weighted by atomic mass is 16.1. The number of aromatic nitrogens is 4. The highest BCUT2D eigenvalue weighted by Crippen LogP contribution is 2.24. The van der Waals surface area contributed by atoms with Gasteiger partial charge in [0, 0.05) is 73.4 Å². The molecule has 4 heterocycles. The number of carbonyl (C=O) groups is 1. The van der Waals surface area contributed by atoms with Gasteiger partial charge in [-0.1, -0.05) is 6.07 Å². The summed E-state index contributed by atoms with van der Waals surface area (Å²) < 4.78 is 1.76. The molecule has 0 bridgehead atoms. The van der Waals surface area contributed by atoms with Gasteiger partial charge < -0.3 is 15.1 Å². The van der Waals surface area contributed by atoms with Crippen molar-refractivity contribution < 1.29 is 4.79 Å². The largest absolute Gasteiger partial charge is 0.369 e. The number of piperazine rings is 1. The Hall–Kier alpha value is -3.78. The van der Waals surface area contributed by atoms with Gasteiger partial charge in [0.1, 0.15) is 5.82 Å². The van der Waals surface area contributed by atoms with E-state index < -0.39 is 0 Å². The first-order chi connectivity index (χ1) is 15.5. The van der Waals surface area contributed by atoms with E-state index in [0.29, 0.717) is 11.4 Å². The molecule has 0 spiro atoms. The Balaban J connectivity index is 1.36. The first-order valence-electron chi connectivity index (χ1n) is 10.6. The van der Waals surface area contributed by atoms with E-state index in [1.165, 1.54) is 0 Å². The van der Waals surface area contributed by atoms with Gasteiger partial charge in [0.15, 0.2) is 0 Å². The number of fused-ring (bicyclic) bond motifs is 1. The van der Waals surface area contributed by atoms with Gasteiger partial charge in [-0.05, 0) is 37.4 Å². The van der Waals surface area contributed by atoms with Crippen LogP contribution in [0.15, 0.2) is 61.2 Å². The van der Waals surface area contributed by atoms with Crippen LogP contribution in [0.1, 0.15) is 10.4 Å². The lowest BCUT2D eigenvalue weighted by Gasteiger charge is -2.34. The summed E-state index contributed by atoms with van der Waals surface area (Å²) in [5.41, 5.74) is 4.42. The van der Waals surface area contributed by atoms with Gasteiger partial charge >= 0.3 is 0 Å². The number of likely N-dealkylation sites (N-methyl/N-ethyl adjacent to an activating group) is 1. The molecule has 0 saturated carbocycles. The highest BCUT2D eigenvalue weighted by molar-refractivity contribution is 6.05. The summed E-state index contributed by atoms with van der Waals surface area (Å²) in [4.78, 5) is 26.4. The second-order valence-corrected chi connectivity index (χ2v) is 8.18. The van der Waals surface area contributed by atoms with Crippen LogP contribution in [0.5, 0.6) is 0 Å². The van der Waals surface area contributed by atoms with Crippen LogP contribution < -0.4 is 10.2 Å². The number of anilines is 2. The average Bonchev–Trinajstić information content (AvgIpc) is 3.25. The Morgan fingerprint density at radius 3 is 2.56 bits per heavy atom. The monoisotopic (exact) mass is 427 g/mol. The maximum absolute atomic E-state index is 12.9. The second-order valence-electron chi connectivity index (χ2n) is 8.18. The number of amides is 1. The Bertz CT molecular complexity index is 1270. The van der Waals surface area contributed by atoms with Gasteiger partial charge in [-0.25, -0.2) is 4.98 Å². The van der Waals surface area contributed by atoms with E-state index in [9.17, 15) is 4.79 Å². The summed E-state index contributed by atoms with van der Waals surface area (Å²) in [6.45, 7) is 3.96. The van der Waals surface area contributed by atoms with Crippen LogP contribution in [0.2, 0.25) is 0 Å². The van der Waals surface area contributed by atoms with Crippen molar-refractivity contribution in [2.75, 3.05) is 43.4 Å². The number of hydrogen-bond acceptors (Lipinski definition) is 6. The molecule has 8 nitrogen and oxygen atoms in total. The van der Waals surface area contributed by atoms with Crippen LogP contribution in [-0.2, 0) is 7.05 Å². The summed E-state index contributed by atoms with van der Waals surface area (Å²) in [7, 11) is 4.02. The second kappa shape index (κ2) is 8.39. The molecule has 1 saturated heterocycles. The number of hydrogen-bond donors (Lipinski definition) is 1. The molecule has 1 N–H and O–H groups in total. The van der Waals surface area contributed by atoms with Gasteiger partial charge in [-0.3, -0.25) is 14.5 Å². The Kier molecular flexibility index (Phi) is 5.28. The molecule has 1 aliphatic rings. The lowest BCUT2D eigenvalue weighted by Crippen LogP contribution is -2.44. The van der Waals surface area contributed by atoms with Crippen LogP contribution in [0, 0.1) is 0 Å². The zero-order valence-corrected chi connectivity index (χ0v) is 18.2. The van der Waals surface area contributed by atoms with Crippen molar-refractivity contribution in [3.05, 3.63) is 66.7 Å². The number of pyridine rings is 2. The molecule has 0 radical (unpaired) electrons. The number of benzene rings is 1. The summed E-state index contributed by atoms with van der Waals surface area (Å²) in [6.07, 6.45) is 7.24. The van der Waals surface area contributed by atoms with Crippen LogP contribution in [0.25, 0.3) is 22.0 Å². The van der Waals surface area contributed by atoms with Crippen molar-refractivity contribution in [1.82, 2.24) is 24.6 Å². The lowest BCUT2D eigenvalue weighted by atomic mass is 10.1. The highest BCUT2D eigenvalue weighted by Gasteiger charge is 2.16. The third-order valence-electron chi connectivity index (χ3n) is 5.82. The molecule has 0 atom stereocenters. The molecule has 1 aliphatic heterocycles. The standard InChI is InChI=1S/C24H25N7O/c1-29-6-8-31(9-7-29)21-5-3-4-17(11-21)24(32)28-23-12-18-10-19(13-25-22(18)15-26-23)20-14-27-30(2)16-20/h3-5,10-16H,6-9H2,1-2H3,(H,26,28,32). The van der Waals surface area contributed by atoms with Gasteiger partial charge in [-0.15, -0.1) is 0 Å². The van der Waals surface area contributed by atoms with Crippen LogP contribution in [0.4, 0.5) is 11.5 Å². The first-order valence-corrected chi connectivity index (χ1v) is 10.6. The molecule has 4 aromatic rings. The fourth-order valence-corrected chi connectivity index (χ4v) is 3.92. The van der Waals surface area contributed by atoms with Crippen LogP contribution in [0.3, 0.4) is 0 Å².